The van der Waals surface area contributed by atoms with Crippen LogP contribution in [0.15, 0.2) is 78.0 Å². The van der Waals surface area contributed by atoms with Gasteiger partial charge in [-0.2, -0.15) is 0 Å². The van der Waals surface area contributed by atoms with E-state index in [1.54, 1.807) is 0 Å². The van der Waals surface area contributed by atoms with Crippen LogP contribution in [-0.2, 0) is 0 Å². The van der Waals surface area contributed by atoms with Crippen LogP contribution >= 0.6 is 0 Å². The number of hydrogen-bond donors (Lipinski definition) is 2. The lowest BCUT2D eigenvalue weighted by molar-refractivity contribution is 0.322. The number of rotatable bonds is 5. The fourth-order valence-corrected chi connectivity index (χ4v) is 2.92. The predicted octanol–water partition coefficient (Wildman–Crippen LogP) is 5.26. The molecule has 0 aliphatic rings. The summed E-state index contributed by atoms with van der Waals surface area (Å²) in [6.45, 7) is 2.84. The van der Waals surface area contributed by atoms with Crippen LogP contribution < -0.4 is 5.32 Å². The highest BCUT2D eigenvalue weighted by molar-refractivity contribution is 6.00. The second kappa shape index (κ2) is 7.47. The van der Waals surface area contributed by atoms with Crippen LogP contribution in [0.1, 0.15) is 12.5 Å². The highest BCUT2D eigenvalue weighted by Crippen LogP contribution is 2.39. The fourth-order valence-electron chi connectivity index (χ4n) is 2.92. The summed E-state index contributed by atoms with van der Waals surface area (Å²) < 4.78 is 0. The SMILES string of the molecule is CCNc1c(/C=N/O)ccc(-c2ccccc2)c1-c1ccccc1. The Morgan fingerprint density at radius 3 is 2.08 bits per heavy atom. The minimum Gasteiger partial charge on any atom is -0.411 e. The third-order valence-corrected chi connectivity index (χ3v) is 3.94. The molecule has 0 spiro atoms. The van der Waals surface area contributed by atoms with E-state index in [1.165, 1.54) is 6.21 Å². The summed E-state index contributed by atoms with van der Waals surface area (Å²) in [6, 6.07) is 24.7. The zero-order chi connectivity index (χ0) is 16.8. The number of nitrogens with one attached hydrogen (secondary N) is 1. The second-order valence-electron chi connectivity index (χ2n) is 5.46. The Morgan fingerprint density at radius 1 is 0.875 bits per heavy atom. The topological polar surface area (TPSA) is 44.6 Å². The van der Waals surface area contributed by atoms with Crippen molar-refractivity contribution in [3.8, 4) is 22.3 Å². The molecule has 2 N–H and O–H groups in total. The molecule has 3 rings (SSSR count). The van der Waals surface area contributed by atoms with Gasteiger partial charge < -0.3 is 10.5 Å². The van der Waals surface area contributed by atoms with Crippen LogP contribution in [0.5, 0.6) is 0 Å². The Balaban J connectivity index is 2.32. The van der Waals surface area contributed by atoms with Crippen molar-refractivity contribution >= 4 is 11.9 Å². The summed E-state index contributed by atoms with van der Waals surface area (Å²) in [4.78, 5) is 0. The highest BCUT2D eigenvalue weighted by atomic mass is 16.4. The first-order valence-electron chi connectivity index (χ1n) is 8.04. The van der Waals surface area contributed by atoms with Crippen molar-refractivity contribution in [1.29, 1.82) is 0 Å². The first-order chi connectivity index (χ1) is 11.8. The van der Waals surface area contributed by atoms with E-state index in [0.29, 0.717) is 0 Å². The lowest BCUT2D eigenvalue weighted by Crippen LogP contribution is -2.04. The monoisotopic (exact) mass is 316 g/mol. The van der Waals surface area contributed by atoms with Gasteiger partial charge in [0.1, 0.15) is 0 Å². The molecular weight excluding hydrogens is 296 g/mol. The first kappa shape index (κ1) is 15.8. The molecule has 0 aliphatic carbocycles. The molecule has 3 aromatic rings. The zero-order valence-electron chi connectivity index (χ0n) is 13.6. The molecule has 0 saturated carbocycles. The van der Waals surface area contributed by atoms with Crippen molar-refractivity contribution in [2.45, 2.75) is 6.92 Å². The molecule has 0 heterocycles. The molecular formula is C21H20N2O. The summed E-state index contributed by atoms with van der Waals surface area (Å²) in [5.74, 6) is 0. The Labute approximate surface area is 142 Å². The molecule has 120 valence electrons. The molecule has 0 unspecified atom stereocenters. The minimum atomic E-state index is 0.782. The van der Waals surface area contributed by atoms with Gasteiger partial charge in [-0.05, 0) is 23.6 Å². The van der Waals surface area contributed by atoms with Crippen LogP contribution in [0.2, 0.25) is 0 Å². The molecule has 3 nitrogen and oxygen atoms in total. The second-order valence-corrected chi connectivity index (χ2v) is 5.46. The van der Waals surface area contributed by atoms with E-state index in [-0.39, 0.29) is 0 Å². The molecule has 3 heteroatoms. The van der Waals surface area contributed by atoms with Gasteiger partial charge in [0.05, 0.1) is 11.9 Å². The predicted molar refractivity (Wildman–Crippen MR) is 101 cm³/mol. The Hall–Kier alpha value is -3.07. The van der Waals surface area contributed by atoms with Gasteiger partial charge in [-0.1, -0.05) is 78.0 Å². The molecule has 0 bridgehead atoms. The largest absolute Gasteiger partial charge is 0.411 e. The van der Waals surface area contributed by atoms with E-state index >= 15 is 0 Å². The van der Waals surface area contributed by atoms with Crippen LogP contribution in [0, 0.1) is 0 Å². The maximum absolute atomic E-state index is 9.00. The van der Waals surface area contributed by atoms with Crippen molar-refractivity contribution in [2.75, 3.05) is 11.9 Å². The van der Waals surface area contributed by atoms with E-state index in [2.05, 4.69) is 47.7 Å². The molecule has 0 atom stereocenters. The third-order valence-electron chi connectivity index (χ3n) is 3.94. The molecule has 3 aromatic carbocycles. The molecule has 0 amide bonds. The normalized spacial score (nSPS) is 10.9. The summed E-state index contributed by atoms with van der Waals surface area (Å²) >= 11 is 0. The van der Waals surface area contributed by atoms with E-state index in [9.17, 15) is 0 Å². The van der Waals surface area contributed by atoms with Crippen molar-refractivity contribution < 1.29 is 5.21 Å². The summed E-state index contributed by atoms with van der Waals surface area (Å²) in [6.07, 6.45) is 1.47. The van der Waals surface area contributed by atoms with E-state index in [1.807, 2.05) is 42.5 Å². The molecule has 0 aliphatic heterocycles. The number of hydrogen-bond acceptors (Lipinski definition) is 3. The molecule has 0 saturated heterocycles. The standard InChI is InChI=1S/C21H20N2O/c1-2-22-21-18(15-23-24)13-14-19(16-9-5-3-6-10-16)20(21)17-11-7-4-8-12-17/h3-15,22,24H,2H2,1H3/b23-15+. The minimum absolute atomic E-state index is 0.782. The van der Waals surface area contributed by atoms with Crippen LogP contribution in [0.25, 0.3) is 22.3 Å². The van der Waals surface area contributed by atoms with Gasteiger partial charge in [0.25, 0.3) is 0 Å². The smallest absolute Gasteiger partial charge is 0.0754 e. The number of benzene rings is 3. The average Bonchev–Trinajstić information content (AvgIpc) is 2.64. The number of anilines is 1. The molecule has 0 fully saturated rings. The molecule has 0 aromatic heterocycles. The van der Waals surface area contributed by atoms with Gasteiger partial charge in [0, 0.05) is 17.7 Å². The van der Waals surface area contributed by atoms with E-state index in [0.717, 1.165) is 40.0 Å². The van der Waals surface area contributed by atoms with Crippen molar-refractivity contribution in [3.05, 3.63) is 78.4 Å². The summed E-state index contributed by atoms with van der Waals surface area (Å²) in [7, 11) is 0. The molecule has 0 radical (unpaired) electrons. The summed E-state index contributed by atoms with van der Waals surface area (Å²) in [5, 5.41) is 15.7. The highest BCUT2D eigenvalue weighted by Gasteiger charge is 2.15. The third kappa shape index (κ3) is 3.15. The van der Waals surface area contributed by atoms with Crippen molar-refractivity contribution in [2.24, 2.45) is 5.16 Å². The zero-order valence-corrected chi connectivity index (χ0v) is 13.6. The van der Waals surface area contributed by atoms with Crippen molar-refractivity contribution in [1.82, 2.24) is 0 Å². The van der Waals surface area contributed by atoms with Crippen LogP contribution in [0.3, 0.4) is 0 Å². The number of oxime groups is 1. The Morgan fingerprint density at radius 2 is 1.50 bits per heavy atom. The lowest BCUT2D eigenvalue weighted by atomic mass is 9.91. The lowest BCUT2D eigenvalue weighted by Gasteiger charge is -2.19. The fraction of sp³-hybridized carbons (Fsp3) is 0.0952. The van der Waals surface area contributed by atoms with Gasteiger partial charge in [-0.15, -0.1) is 0 Å². The maximum Gasteiger partial charge on any atom is 0.0754 e. The van der Waals surface area contributed by atoms with Gasteiger partial charge in [0.15, 0.2) is 0 Å². The van der Waals surface area contributed by atoms with Crippen LogP contribution in [-0.4, -0.2) is 18.0 Å². The quantitative estimate of drug-likeness (QED) is 0.383. The van der Waals surface area contributed by atoms with E-state index in [4.69, 9.17) is 5.21 Å². The first-order valence-corrected chi connectivity index (χ1v) is 8.04. The average molecular weight is 316 g/mol. The molecule has 24 heavy (non-hydrogen) atoms. The van der Waals surface area contributed by atoms with Gasteiger partial charge in [0.2, 0.25) is 0 Å². The van der Waals surface area contributed by atoms with Gasteiger partial charge >= 0.3 is 0 Å². The maximum atomic E-state index is 9.00. The Kier molecular flexibility index (Phi) is 4.92. The Bertz CT molecular complexity index is 827. The summed E-state index contributed by atoms with van der Waals surface area (Å²) in [5.41, 5.74) is 6.37. The van der Waals surface area contributed by atoms with E-state index < -0.39 is 0 Å². The van der Waals surface area contributed by atoms with Gasteiger partial charge in [-0.3, -0.25) is 0 Å². The number of nitrogens with zero attached hydrogens (tertiary/aromatic N) is 1. The van der Waals surface area contributed by atoms with Crippen molar-refractivity contribution in [3.63, 3.8) is 0 Å². The van der Waals surface area contributed by atoms with Gasteiger partial charge in [-0.25, -0.2) is 0 Å². The van der Waals surface area contributed by atoms with Crippen LogP contribution in [0.4, 0.5) is 5.69 Å².